The van der Waals surface area contributed by atoms with E-state index in [1.807, 2.05) is 43.3 Å². The summed E-state index contributed by atoms with van der Waals surface area (Å²) in [5, 5.41) is 4.07. The highest BCUT2D eigenvalue weighted by atomic mass is 32.2. The Bertz CT molecular complexity index is 678. The van der Waals surface area contributed by atoms with E-state index in [4.69, 9.17) is 0 Å². The zero-order valence-corrected chi connectivity index (χ0v) is 13.9. The maximum absolute atomic E-state index is 11.9. The standard InChI is InChI=1S/C15H21N3O3S/c1-11(12-4-6-14(7-5-12)18(2)3)16-17-15(19)13-8-9-22(20,21)10-13/h4-7,13H,8-10H2,1-3H3,(H,17,19)/b16-11-/t13-/m0/s1. The molecule has 1 heterocycles. The molecule has 1 amide bonds. The summed E-state index contributed by atoms with van der Waals surface area (Å²) in [6.45, 7) is 1.80. The Morgan fingerprint density at radius 3 is 2.41 bits per heavy atom. The number of carbonyl (C=O) groups excluding carboxylic acids is 1. The number of nitrogens with one attached hydrogen (secondary N) is 1. The minimum Gasteiger partial charge on any atom is -0.378 e. The van der Waals surface area contributed by atoms with Crippen LogP contribution in [0.15, 0.2) is 29.4 Å². The van der Waals surface area contributed by atoms with Crippen LogP contribution in [0.25, 0.3) is 0 Å². The van der Waals surface area contributed by atoms with Crippen molar-refractivity contribution in [1.82, 2.24) is 5.43 Å². The first-order chi connectivity index (χ1) is 10.3. The molecule has 7 heteroatoms. The molecule has 22 heavy (non-hydrogen) atoms. The van der Waals surface area contributed by atoms with E-state index in [2.05, 4.69) is 10.5 Å². The van der Waals surface area contributed by atoms with Gasteiger partial charge in [0.05, 0.1) is 23.1 Å². The number of nitrogens with zero attached hydrogens (tertiary/aromatic N) is 2. The summed E-state index contributed by atoms with van der Waals surface area (Å²) in [7, 11) is 0.870. The van der Waals surface area contributed by atoms with Crippen LogP contribution < -0.4 is 10.3 Å². The first-order valence-corrected chi connectivity index (χ1v) is 8.93. The highest BCUT2D eigenvalue weighted by molar-refractivity contribution is 7.91. The van der Waals surface area contributed by atoms with Crippen molar-refractivity contribution in [2.24, 2.45) is 11.0 Å². The van der Waals surface area contributed by atoms with E-state index in [0.717, 1.165) is 11.3 Å². The Balaban J connectivity index is 1.99. The quantitative estimate of drug-likeness (QED) is 0.663. The SMILES string of the molecule is C/C(=N/NC(=O)[C@H]1CCS(=O)(=O)C1)c1ccc(N(C)C)cc1. The number of sulfone groups is 1. The van der Waals surface area contributed by atoms with Crippen LogP contribution >= 0.6 is 0 Å². The van der Waals surface area contributed by atoms with Gasteiger partial charge in [0.1, 0.15) is 0 Å². The highest BCUT2D eigenvalue weighted by Gasteiger charge is 2.32. The van der Waals surface area contributed by atoms with Crippen LogP contribution in [-0.4, -0.2) is 45.6 Å². The molecule has 6 nitrogen and oxygen atoms in total. The van der Waals surface area contributed by atoms with Gasteiger partial charge >= 0.3 is 0 Å². The number of anilines is 1. The smallest absolute Gasteiger partial charge is 0.244 e. The van der Waals surface area contributed by atoms with E-state index < -0.39 is 15.8 Å². The molecular formula is C15H21N3O3S. The summed E-state index contributed by atoms with van der Waals surface area (Å²) in [5.74, 6) is -0.812. The predicted octanol–water partition coefficient (Wildman–Crippen LogP) is 1.03. The summed E-state index contributed by atoms with van der Waals surface area (Å²) in [6.07, 6.45) is 0.375. The molecule has 0 aliphatic carbocycles. The lowest BCUT2D eigenvalue weighted by Gasteiger charge is -2.12. The van der Waals surface area contributed by atoms with Crippen LogP contribution in [0.4, 0.5) is 5.69 Å². The Kier molecular flexibility index (Phi) is 4.85. The van der Waals surface area contributed by atoms with E-state index in [-0.39, 0.29) is 17.4 Å². The maximum atomic E-state index is 11.9. The molecule has 0 unspecified atom stereocenters. The predicted molar refractivity (Wildman–Crippen MR) is 87.9 cm³/mol. The number of amides is 1. The van der Waals surface area contributed by atoms with Crippen molar-refractivity contribution in [2.75, 3.05) is 30.5 Å². The van der Waals surface area contributed by atoms with E-state index in [0.29, 0.717) is 12.1 Å². The zero-order valence-electron chi connectivity index (χ0n) is 13.0. The van der Waals surface area contributed by atoms with Crippen molar-refractivity contribution in [1.29, 1.82) is 0 Å². The topological polar surface area (TPSA) is 78.8 Å². The first kappa shape index (κ1) is 16.5. The number of carbonyl (C=O) groups is 1. The normalized spacial score (nSPS) is 20.7. The third kappa shape index (κ3) is 4.07. The Labute approximate surface area is 131 Å². The van der Waals surface area contributed by atoms with Crippen molar-refractivity contribution in [3.8, 4) is 0 Å². The molecule has 120 valence electrons. The van der Waals surface area contributed by atoms with E-state index in [1.165, 1.54) is 0 Å². The van der Waals surface area contributed by atoms with Crippen LogP contribution in [0.1, 0.15) is 18.9 Å². The van der Waals surface area contributed by atoms with Gasteiger partial charge in [-0.05, 0) is 31.0 Å². The molecule has 1 N–H and O–H groups in total. The van der Waals surface area contributed by atoms with Crippen molar-refractivity contribution in [3.05, 3.63) is 29.8 Å². The number of hydrogen-bond acceptors (Lipinski definition) is 5. The molecule has 0 aromatic heterocycles. The third-order valence-corrected chi connectivity index (χ3v) is 5.51. The summed E-state index contributed by atoms with van der Waals surface area (Å²) in [6, 6.07) is 7.81. The molecule has 2 rings (SSSR count). The minimum absolute atomic E-state index is 0.0784. The number of hydrogen-bond donors (Lipinski definition) is 1. The summed E-state index contributed by atoms with van der Waals surface area (Å²) < 4.78 is 22.7. The van der Waals surface area contributed by atoms with Gasteiger partial charge in [0.2, 0.25) is 5.91 Å². The zero-order chi connectivity index (χ0) is 16.3. The molecule has 1 aliphatic rings. The Morgan fingerprint density at radius 2 is 1.91 bits per heavy atom. The molecule has 1 aliphatic heterocycles. The van der Waals surface area contributed by atoms with Gasteiger partial charge in [0.25, 0.3) is 0 Å². The van der Waals surface area contributed by atoms with Crippen molar-refractivity contribution < 1.29 is 13.2 Å². The number of rotatable bonds is 4. The van der Waals surface area contributed by atoms with Crippen LogP contribution in [0.3, 0.4) is 0 Å². The number of benzene rings is 1. The molecule has 1 atom stereocenters. The molecule has 1 aromatic rings. The largest absolute Gasteiger partial charge is 0.378 e. The molecule has 0 spiro atoms. The Morgan fingerprint density at radius 1 is 1.27 bits per heavy atom. The van der Waals surface area contributed by atoms with Gasteiger partial charge in [-0.15, -0.1) is 0 Å². The monoisotopic (exact) mass is 323 g/mol. The number of hydrazone groups is 1. The van der Waals surface area contributed by atoms with Gasteiger partial charge in [0, 0.05) is 19.8 Å². The Hall–Kier alpha value is -1.89. The second-order valence-electron chi connectivity index (χ2n) is 5.71. The van der Waals surface area contributed by atoms with Gasteiger partial charge in [-0.3, -0.25) is 4.79 Å². The van der Waals surface area contributed by atoms with E-state index in [1.54, 1.807) is 6.92 Å². The van der Waals surface area contributed by atoms with Crippen LogP contribution in [0, 0.1) is 5.92 Å². The lowest BCUT2D eigenvalue weighted by molar-refractivity contribution is -0.124. The summed E-state index contributed by atoms with van der Waals surface area (Å²) in [5.41, 5.74) is 5.14. The molecule has 1 saturated heterocycles. The third-order valence-electron chi connectivity index (χ3n) is 3.74. The van der Waals surface area contributed by atoms with Crippen LogP contribution in [0.2, 0.25) is 0 Å². The molecule has 0 radical (unpaired) electrons. The lowest BCUT2D eigenvalue weighted by atomic mass is 10.1. The van der Waals surface area contributed by atoms with Gasteiger partial charge in [-0.25, -0.2) is 13.8 Å². The van der Waals surface area contributed by atoms with Gasteiger partial charge in [0.15, 0.2) is 9.84 Å². The fraction of sp³-hybridized carbons (Fsp3) is 0.467. The minimum atomic E-state index is -3.06. The average Bonchev–Trinajstić information content (AvgIpc) is 2.84. The second kappa shape index (κ2) is 6.48. The highest BCUT2D eigenvalue weighted by Crippen LogP contribution is 2.18. The van der Waals surface area contributed by atoms with Crippen molar-refractivity contribution in [2.45, 2.75) is 13.3 Å². The first-order valence-electron chi connectivity index (χ1n) is 7.11. The fourth-order valence-electron chi connectivity index (χ4n) is 2.30. The molecular weight excluding hydrogens is 302 g/mol. The van der Waals surface area contributed by atoms with Crippen LogP contribution in [0.5, 0.6) is 0 Å². The van der Waals surface area contributed by atoms with Crippen LogP contribution in [-0.2, 0) is 14.6 Å². The van der Waals surface area contributed by atoms with Crippen molar-refractivity contribution in [3.63, 3.8) is 0 Å². The van der Waals surface area contributed by atoms with Crippen molar-refractivity contribution >= 4 is 27.1 Å². The summed E-state index contributed by atoms with van der Waals surface area (Å²) >= 11 is 0. The molecule has 1 fully saturated rings. The second-order valence-corrected chi connectivity index (χ2v) is 7.94. The van der Waals surface area contributed by atoms with Gasteiger partial charge < -0.3 is 4.90 Å². The average molecular weight is 323 g/mol. The lowest BCUT2D eigenvalue weighted by Crippen LogP contribution is -2.28. The molecule has 1 aromatic carbocycles. The fourth-order valence-corrected chi connectivity index (χ4v) is 4.04. The van der Waals surface area contributed by atoms with Gasteiger partial charge in [-0.1, -0.05) is 12.1 Å². The van der Waals surface area contributed by atoms with Gasteiger partial charge in [-0.2, -0.15) is 5.10 Å². The van der Waals surface area contributed by atoms with E-state index in [9.17, 15) is 13.2 Å². The summed E-state index contributed by atoms with van der Waals surface area (Å²) in [4.78, 5) is 13.9. The maximum Gasteiger partial charge on any atom is 0.244 e. The molecule has 0 bridgehead atoms. The molecule has 0 saturated carbocycles. The van der Waals surface area contributed by atoms with E-state index >= 15 is 0 Å².